The van der Waals surface area contributed by atoms with Gasteiger partial charge in [-0.1, -0.05) is 57.6 Å². The molecule has 0 aromatic heterocycles. The molecule has 0 radical (unpaired) electrons. The zero-order valence-corrected chi connectivity index (χ0v) is 16.5. The summed E-state index contributed by atoms with van der Waals surface area (Å²) >= 11 is 0. The Morgan fingerprint density at radius 3 is 2.68 bits per heavy atom. The Morgan fingerprint density at radius 1 is 1.12 bits per heavy atom. The van der Waals surface area contributed by atoms with Crippen molar-refractivity contribution in [3.05, 3.63) is 34.4 Å². The maximum atomic E-state index is 9.02. The van der Waals surface area contributed by atoms with Crippen LogP contribution >= 0.6 is 0 Å². The number of nitrogens with two attached hydrogens (primary N) is 1. The molecule has 0 saturated carbocycles. The number of aliphatic hydroxyl groups is 1. The van der Waals surface area contributed by atoms with Gasteiger partial charge in [0.25, 0.3) is 0 Å². The van der Waals surface area contributed by atoms with Gasteiger partial charge >= 0.3 is 0 Å². The third-order valence-corrected chi connectivity index (χ3v) is 6.07. The van der Waals surface area contributed by atoms with Crippen molar-refractivity contribution < 1.29 is 5.11 Å². The minimum absolute atomic E-state index is 0.292. The number of aliphatic hydroxyl groups excluding tert-OH is 1. The van der Waals surface area contributed by atoms with Crippen LogP contribution < -0.4 is 5.73 Å². The minimum atomic E-state index is 0.292. The SMILES string of the molecule is CCCCCC[C@H]1CCc2cc([C@H](CN)CCCCO)c(C)cc2C1. The Morgan fingerprint density at radius 2 is 1.96 bits per heavy atom. The molecular weight excluding hydrogens is 306 g/mol. The molecule has 0 unspecified atom stereocenters. The molecule has 2 nitrogen and oxygen atoms in total. The number of aryl methyl sites for hydroxylation is 2. The van der Waals surface area contributed by atoms with E-state index in [4.69, 9.17) is 10.8 Å². The second-order valence-electron chi connectivity index (χ2n) is 8.09. The molecule has 1 aromatic carbocycles. The Balaban J connectivity index is 1.99. The zero-order valence-electron chi connectivity index (χ0n) is 16.5. The predicted octanol–water partition coefficient (Wildman–Crippen LogP) is 5.28. The lowest BCUT2D eigenvalue weighted by molar-refractivity contribution is 0.281. The Kier molecular flexibility index (Phi) is 8.98. The van der Waals surface area contributed by atoms with Crippen LogP contribution in [0, 0.1) is 12.8 Å². The lowest BCUT2D eigenvalue weighted by atomic mass is 9.78. The van der Waals surface area contributed by atoms with Crippen LogP contribution in [-0.4, -0.2) is 18.3 Å². The normalized spacial score (nSPS) is 18.2. The summed E-state index contributed by atoms with van der Waals surface area (Å²) < 4.78 is 0. The van der Waals surface area contributed by atoms with Gasteiger partial charge in [0.2, 0.25) is 0 Å². The lowest BCUT2D eigenvalue weighted by Crippen LogP contribution is -2.18. The van der Waals surface area contributed by atoms with E-state index in [1.807, 2.05) is 0 Å². The fourth-order valence-electron chi connectivity index (χ4n) is 4.48. The molecule has 0 aliphatic heterocycles. The Bertz CT molecular complexity index is 511. The summed E-state index contributed by atoms with van der Waals surface area (Å²) in [5, 5.41) is 9.02. The van der Waals surface area contributed by atoms with Crippen LogP contribution in [0.2, 0.25) is 0 Å². The van der Waals surface area contributed by atoms with Crippen molar-refractivity contribution in [2.45, 2.75) is 90.4 Å². The number of unbranched alkanes of at least 4 members (excludes halogenated alkanes) is 4. The average Bonchev–Trinajstić information content (AvgIpc) is 2.62. The van der Waals surface area contributed by atoms with E-state index in [2.05, 4.69) is 26.0 Å². The first-order valence-corrected chi connectivity index (χ1v) is 10.6. The van der Waals surface area contributed by atoms with E-state index >= 15 is 0 Å². The number of benzene rings is 1. The summed E-state index contributed by atoms with van der Waals surface area (Å²) in [6.07, 6.45) is 13.9. The van der Waals surface area contributed by atoms with Gasteiger partial charge in [0.1, 0.15) is 0 Å². The standard InChI is InChI=1S/C23H39NO/c1-3-4-5-6-9-19-11-12-20-16-23(18(2)14-22(20)15-19)21(17-24)10-7-8-13-25/h14,16,19,21,25H,3-13,15,17,24H2,1-2H3/t19-,21-/m0/s1. The lowest BCUT2D eigenvalue weighted by Gasteiger charge is -2.27. The van der Waals surface area contributed by atoms with Crippen LogP contribution in [0.4, 0.5) is 0 Å². The van der Waals surface area contributed by atoms with Crippen molar-refractivity contribution in [1.82, 2.24) is 0 Å². The largest absolute Gasteiger partial charge is 0.396 e. The topological polar surface area (TPSA) is 46.2 Å². The van der Waals surface area contributed by atoms with E-state index in [1.54, 1.807) is 11.1 Å². The fourth-order valence-corrected chi connectivity index (χ4v) is 4.48. The highest BCUT2D eigenvalue weighted by molar-refractivity contribution is 5.41. The fraction of sp³-hybridized carbons (Fsp3) is 0.739. The number of hydrogen-bond donors (Lipinski definition) is 2. The molecule has 25 heavy (non-hydrogen) atoms. The maximum Gasteiger partial charge on any atom is 0.0431 e. The molecule has 0 amide bonds. The number of hydrogen-bond acceptors (Lipinski definition) is 2. The molecule has 0 bridgehead atoms. The van der Waals surface area contributed by atoms with E-state index in [1.165, 1.54) is 62.5 Å². The summed E-state index contributed by atoms with van der Waals surface area (Å²) in [5.74, 6) is 1.34. The minimum Gasteiger partial charge on any atom is -0.396 e. The zero-order chi connectivity index (χ0) is 18.1. The number of rotatable bonds is 11. The molecule has 1 aliphatic carbocycles. The molecule has 0 heterocycles. The van der Waals surface area contributed by atoms with Gasteiger partial charge in [-0.3, -0.25) is 0 Å². The van der Waals surface area contributed by atoms with Gasteiger partial charge in [0.05, 0.1) is 0 Å². The van der Waals surface area contributed by atoms with Gasteiger partial charge in [-0.15, -0.1) is 0 Å². The molecule has 0 saturated heterocycles. The molecule has 1 aliphatic rings. The highest BCUT2D eigenvalue weighted by Crippen LogP contribution is 2.34. The molecule has 142 valence electrons. The second-order valence-corrected chi connectivity index (χ2v) is 8.09. The van der Waals surface area contributed by atoms with Crippen molar-refractivity contribution in [2.24, 2.45) is 11.7 Å². The molecular formula is C23H39NO. The maximum absolute atomic E-state index is 9.02. The van der Waals surface area contributed by atoms with Crippen LogP contribution in [0.5, 0.6) is 0 Å². The monoisotopic (exact) mass is 345 g/mol. The molecule has 0 spiro atoms. The molecule has 2 rings (SSSR count). The molecule has 3 N–H and O–H groups in total. The van der Waals surface area contributed by atoms with Crippen molar-refractivity contribution in [3.63, 3.8) is 0 Å². The van der Waals surface area contributed by atoms with Crippen molar-refractivity contribution in [2.75, 3.05) is 13.2 Å². The quantitative estimate of drug-likeness (QED) is 0.536. The van der Waals surface area contributed by atoms with E-state index in [9.17, 15) is 0 Å². The third-order valence-electron chi connectivity index (χ3n) is 6.07. The van der Waals surface area contributed by atoms with Crippen LogP contribution in [0.3, 0.4) is 0 Å². The summed E-state index contributed by atoms with van der Waals surface area (Å²) in [7, 11) is 0. The first-order chi connectivity index (χ1) is 12.2. The third kappa shape index (κ3) is 6.11. The molecule has 1 aromatic rings. The van der Waals surface area contributed by atoms with Crippen LogP contribution in [0.25, 0.3) is 0 Å². The van der Waals surface area contributed by atoms with Crippen LogP contribution in [0.1, 0.15) is 92.9 Å². The van der Waals surface area contributed by atoms with Gasteiger partial charge in [-0.05, 0) is 79.7 Å². The van der Waals surface area contributed by atoms with E-state index in [0.29, 0.717) is 19.1 Å². The van der Waals surface area contributed by atoms with E-state index in [-0.39, 0.29) is 0 Å². The second kappa shape index (κ2) is 11.0. The summed E-state index contributed by atoms with van der Waals surface area (Å²) in [6, 6.07) is 4.92. The molecule has 2 heteroatoms. The van der Waals surface area contributed by atoms with Gasteiger partial charge < -0.3 is 10.8 Å². The van der Waals surface area contributed by atoms with Crippen molar-refractivity contribution in [3.8, 4) is 0 Å². The van der Waals surface area contributed by atoms with Gasteiger partial charge in [-0.2, -0.15) is 0 Å². The smallest absolute Gasteiger partial charge is 0.0431 e. The van der Waals surface area contributed by atoms with Gasteiger partial charge in [0, 0.05) is 6.61 Å². The number of fused-ring (bicyclic) bond motifs is 1. The van der Waals surface area contributed by atoms with E-state index < -0.39 is 0 Å². The first kappa shape index (κ1) is 20.5. The van der Waals surface area contributed by atoms with Gasteiger partial charge in [-0.25, -0.2) is 0 Å². The van der Waals surface area contributed by atoms with Crippen LogP contribution in [-0.2, 0) is 12.8 Å². The van der Waals surface area contributed by atoms with Crippen molar-refractivity contribution in [1.29, 1.82) is 0 Å². The Labute approximate surface area is 155 Å². The van der Waals surface area contributed by atoms with Crippen molar-refractivity contribution >= 4 is 0 Å². The molecule has 2 atom stereocenters. The van der Waals surface area contributed by atoms with Gasteiger partial charge in [0.15, 0.2) is 0 Å². The van der Waals surface area contributed by atoms with E-state index in [0.717, 1.165) is 25.2 Å². The Hall–Kier alpha value is -0.860. The predicted molar refractivity (Wildman–Crippen MR) is 108 cm³/mol. The first-order valence-electron chi connectivity index (χ1n) is 10.6. The van der Waals surface area contributed by atoms with Crippen LogP contribution in [0.15, 0.2) is 12.1 Å². The average molecular weight is 346 g/mol. The summed E-state index contributed by atoms with van der Waals surface area (Å²) in [5.41, 5.74) is 12.1. The summed E-state index contributed by atoms with van der Waals surface area (Å²) in [4.78, 5) is 0. The highest BCUT2D eigenvalue weighted by atomic mass is 16.2. The summed E-state index contributed by atoms with van der Waals surface area (Å²) in [6.45, 7) is 5.55. The highest BCUT2D eigenvalue weighted by Gasteiger charge is 2.21. The molecule has 0 fully saturated rings.